The summed E-state index contributed by atoms with van der Waals surface area (Å²) in [5.74, 6) is -0.255. The van der Waals surface area contributed by atoms with E-state index in [4.69, 9.17) is 0 Å². The first kappa shape index (κ1) is 14.2. The molecule has 0 atom stereocenters. The molecule has 5 nitrogen and oxygen atoms in total. The van der Waals surface area contributed by atoms with E-state index in [1.807, 2.05) is 29.8 Å². The molecule has 7 heteroatoms. The molecule has 0 fully saturated rings. The first-order valence-corrected chi connectivity index (χ1v) is 8.19. The number of halogens is 1. The third-order valence-corrected chi connectivity index (χ3v) is 3.91. The van der Waals surface area contributed by atoms with Gasteiger partial charge in [-0.15, -0.1) is 0 Å². The lowest BCUT2D eigenvalue weighted by Crippen LogP contribution is -2.28. The number of hydrogen-bond acceptors (Lipinski definition) is 3. The van der Waals surface area contributed by atoms with Crippen molar-refractivity contribution in [3.8, 4) is 0 Å². The molecule has 0 unspecified atom stereocenters. The average Bonchev–Trinajstić information content (AvgIpc) is 2.62. The smallest absolute Gasteiger partial charge is 0.209 e. The molecule has 0 aliphatic heterocycles. The summed E-state index contributed by atoms with van der Waals surface area (Å²) in [5, 5.41) is 0.803. The lowest BCUT2D eigenvalue weighted by molar-refractivity contribution is 0.0998. The van der Waals surface area contributed by atoms with Crippen LogP contribution in [0, 0.1) is 0 Å². The topological polar surface area (TPSA) is 68.2 Å². The number of carbonyl (C=O) groups excluding carboxylic acids is 1. The summed E-state index contributed by atoms with van der Waals surface area (Å²) < 4.78 is 27.0. The van der Waals surface area contributed by atoms with E-state index < -0.39 is 10.0 Å². The van der Waals surface area contributed by atoms with Crippen molar-refractivity contribution in [2.45, 2.75) is 0 Å². The summed E-state index contributed by atoms with van der Waals surface area (Å²) in [6.07, 6.45) is 2.74. The van der Waals surface area contributed by atoms with E-state index in [9.17, 15) is 13.2 Å². The van der Waals surface area contributed by atoms with E-state index in [-0.39, 0.29) is 12.3 Å². The van der Waals surface area contributed by atoms with Gasteiger partial charge < -0.3 is 4.57 Å². The third kappa shape index (κ3) is 3.23. The van der Waals surface area contributed by atoms with E-state index in [0.29, 0.717) is 5.56 Å². The van der Waals surface area contributed by atoms with Crippen LogP contribution < -0.4 is 4.72 Å². The van der Waals surface area contributed by atoms with E-state index in [2.05, 4.69) is 20.7 Å². The van der Waals surface area contributed by atoms with Gasteiger partial charge in [0.15, 0.2) is 5.78 Å². The largest absolute Gasteiger partial charge is 0.350 e. The van der Waals surface area contributed by atoms with Gasteiger partial charge in [0, 0.05) is 34.2 Å². The summed E-state index contributed by atoms with van der Waals surface area (Å²) in [6, 6.07) is 5.65. The predicted octanol–water partition coefficient (Wildman–Crippen LogP) is 1.67. The second-order valence-corrected chi connectivity index (χ2v) is 7.08. The highest BCUT2D eigenvalue weighted by Crippen LogP contribution is 2.24. The third-order valence-electron chi connectivity index (χ3n) is 2.75. The van der Waals surface area contributed by atoms with Gasteiger partial charge in [-0.1, -0.05) is 15.9 Å². The molecule has 1 aromatic heterocycles. The lowest BCUT2D eigenvalue weighted by Gasteiger charge is -2.01. The van der Waals surface area contributed by atoms with E-state index in [1.54, 1.807) is 6.20 Å². The summed E-state index contributed by atoms with van der Waals surface area (Å²) in [4.78, 5) is 12.1. The number of nitrogens with one attached hydrogen (secondary N) is 1. The van der Waals surface area contributed by atoms with Crippen molar-refractivity contribution in [1.82, 2.24) is 9.29 Å². The molecule has 0 aliphatic carbocycles. The van der Waals surface area contributed by atoms with Crippen LogP contribution in [0.25, 0.3) is 10.9 Å². The van der Waals surface area contributed by atoms with Crippen LogP contribution in [0.1, 0.15) is 10.4 Å². The Bertz CT molecular complexity index is 750. The Balaban J connectivity index is 2.40. The van der Waals surface area contributed by atoms with Gasteiger partial charge in [-0.25, -0.2) is 13.1 Å². The molecule has 1 aromatic carbocycles. The molecular formula is C12H13BrN2O3S. The van der Waals surface area contributed by atoms with E-state index in [1.165, 1.54) is 0 Å². The van der Waals surface area contributed by atoms with Crippen LogP contribution in [0.5, 0.6) is 0 Å². The monoisotopic (exact) mass is 344 g/mol. The molecule has 1 N–H and O–H groups in total. The van der Waals surface area contributed by atoms with Crippen LogP contribution in [0.2, 0.25) is 0 Å². The molecule has 2 rings (SSSR count). The molecule has 2 aromatic rings. The van der Waals surface area contributed by atoms with Gasteiger partial charge in [0.1, 0.15) is 0 Å². The lowest BCUT2D eigenvalue weighted by atomic mass is 10.1. The molecule has 0 radical (unpaired) electrons. The molecule has 0 spiro atoms. The number of fused-ring (bicyclic) bond motifs is 1. The van der Waals surface area contributed by atoms with Crippen LogP contribution >= 0.6 is 15.9 Å². The maximum atomic E-state index is 12.1. The highest BCUT2D eigenvalue weighted by atomic mass is 79.9. The molecule has 0 aliphatic rings. The molecular weight excluding hydrogens is 332 g/mol. The van der Waals surface area contributed by atoms with Gasteiger partial charge in [-0.2, -0.15) is 0 Å². The number of Topliss-reactive ketones (excluding diaryl/α,β-unsaturated/α-hetero) is 1. The van der Waals surface area contributed by atoms with Gasteiger partial charge in [0.25, 0.3) is 0 Å². The summed E-state index contributed by atoms with van der Waals surface area (Å²) in [5.41, 5.74) is 1.43. The minimum Gasteiger partial charge on any atom is -0.350 e. The number of sulfonamides is 1. The second-order valence-electron chi connectivity index (χ2n) is 4.33. The fourth-order valence-electron chi connectivity index (χ4n) is 1.88. The van der Waals surface area contributed by atoms with Gasteiger partial charge >= 0.3 is 0 Å². The zero-order valence-corrected chi connectivity index (χ0v) is 12.9. The number of rotatable bonds is 4. The van der Waals surface area contributed by atoms with Gasteiger partial charge in [0.2, 0.25) is 10.0 Å². The molecule has 0 amide bonds. The highest BCUT2D eigenvalue weighted by molar-refractivity contribution is 9.10. The minimum absolute atomic E-state index is 0.232. The zero-order chi connectivity index (χ0) is 14.2. The fourth-order valence-corrected chi connectivity index (χ4v) is 2.63. The van der Waals surface area contributed by atoms with E-state index >= 15 is 0 Å². The van der Waals surface area contributed by atoms with Crippen molar-refractivity contribution in [2.24, 2.45) is 7.05 Å². The number of ketones is 1. The standard InChI is InChI=1S/C12H13BrN2O3S/c1-15-7-10(12(16)6-14-19(2,17)18)9-5-8(13)3-4-11(9)15/h3-5,7,14H,6H2,1-2H3. The Kier molecular flexibility index (Phi) is 3.80. The van der Waals surface area contributed by atoms with Crippen molar-refractivity contribution < 1.29 is 13.2 Å². The number of nitrogens with zero attached hydrogens (tertiary/aromatic N) is 1. The molecule has 0 saturated heterocycles. The molecule has 19 heavy (non-hydrogen) atoms. The van der Waals surface area contributed by atoms with Crippen LogP contribution in [-0.4, -0.2) is 31.6 Å². The van der Waals surface area contributed by atoms with Crippen LogP contribution in [-0.2, 0) is 17.1 Å². The van der Waals surface area contributed by atoms with Gasteiger partial charge in [-0.3, -0.25) is 4.79 Å². The van der Waals surface area contributed by atoms with Crippen molar-refractivity contribution in [1.29, 1.82) is 0 Å². The molecule has 0 saturated carbocycles. The average molecular weight is 345 g/mol. The Hall–Kier alpha value is -1.18. The number of benzene rings is 1. The first-order chi connectivity index (χ1) is 8.78. The summed E-state index contributed by atoms with van der Waals surface area (Å²) in [6.45, 7) is -0.232. The summed E-state index contributed by atoms with van der Waals surface area (Å²) in [7, 11) is -1.52. The molecule has 1 heterocycles. The Morgan fingerprint density at radius 1 is 1.42 bits per heavy atom. The predicted molar refractivity (Wildman–Crippen MR) is 77.8 cm³/mol. The number of aryl methyl sites for hydroxylation is 1. The van der Waals surface area contributed by atoms with Crippen LogP contribution in [0.15, 0.2) is 28.9 Å². The maximum Gasteiger partial charge on any atom is 0.209 e. The van der Waals surface area contributed by atoms with Crippen LogP contribution in [0.3, 0.4) is 0 Å². The number of hydrogen-bond donors (Lipinski definition) is 1. The van der Waals surface area contributed by atoms with Gasteiger partial charge in [-0.05, 0) is 18.2 Å². The maximum absolute atomic E-state index is 12.1. The SMILES string of the molecule is Cn1cc(C(=O)CNS(C)(=O)=O)c2cc(Br)ccc21. The van der Waals surface area contributed by atoms with E-state index in [0.717, 1.165) is 21.6 Å². The van der Waals surface area contributed by atoms with Gasteiger partial charge in [0.05, 0.1) is 12.8 Å². The quantitative estimate of drug-likeness (QED) is 0.858. The molecule has 102 valence electrons. The number of carbonyl (C=O) groups is 1. The van der Waals surface area contributed by atoms with Crippen LogP contribution in [0.4, 0.5) is 0 Å². The second kappa shape index (κ2) is 5.07. The molecule has 0 bridgehead atoms. The normalized spacial score (nSPS) is 11.9. The summed E-state index contributed by atoms with van der Waals surface area (Å²) >= 11 is 3.36. The Morgan fingerprint density at radius 2 is 2.11 bits per heavy atom. The number of aromatic nitrogens is 1. The van der Waals surface area contributed by atoms with Crippen molar-refractivity contribution in [3.05, 3.63) is 34.4 Å². The first-order valence-electron chi connectivity index (χ1n) is 5.50. The van der Waals surface area contributed by atoms with Crippen molar-refractivity contribution in [2.75, 3.05) is 12.8 Å². The zero-order valence-electron chi connectivity index (χ0n) is 10.5. The highest BCUT2D eigenvalue weighted by Gasteiger charge is 2.15. The fraction of sp³-hybridized carbons (Fsp3) is 0.250. The Labute approximate surface area is 119 Å². The Morgan fingerprint density at radius 3 is 2.74 bits per heavy atom. The van der Waals surface area contributed by atoms with Crippen molar-refractivity contribution >= 4 is 42.6 Å². The van der Waals surface area contributed by atoms with Crippen molar-refractivity contribution in [3.63, 3.8) is 0 Å². The minimum atomic E-state index is -3.37.